The molecule has 1 aliphatic rings. The number of halogens is 1. The molecule has 1 unspecified atom stereocenters. The Labute approximate surface area is 162 Å². The molecule has 2 aromatic carbocycles. The predicted octanol–water partition coefficient (Wildman–Crippen LogP) is 2.74. The first-order chi connectivity index (χ1) is 13.7. The molecule has 0 bridgehead atoms. The molecule has 0 aliphatic carbocycles. The number of hydrogen-bond acceptors (Lipinski definition) is 4. The molecule has 0 saturated carbocycles. The third kappa shape index (κ3) is 4.43. The maximum atomic E-state index is 14.1. The molecule has 0 spiro atoms. The van der Waals surface area contributed by atoms with Crippen LogP contribution in [0.15, 0.2) is 55.1 Å². The molecule has 2 heterocycles. The number of carbonyl (C=O) groups excluding carboxylic acids is 1. The largest absolute Gasteiger partial charge is 0.323 e. The van der Waals surface area contributed by atoms with E-state index in [1.165, 1.54) is 30.7 Å². The first-order valence-electron chi connectivity index (χ1n) is 9.40. The second-order valence-corrected chi connectivity index (χ2v) is 7.14. The SMILES string of the molecule is O=C(Cc1ccc(CC2CCNC2)cc1)Nc1cc(-n2cnnc2)ccc1F. The molecule has 0 radical (unpaired) electrons. The van der Waals surface area contributed by atoms with Gasteiger partial charge in [0.2, 0.25) is 5.91 Å². The van der Waals surface area contributed by atoms with E-state index in [0.29, 0.717) is 11.6 Å². The van der Waals surface area contributed by atoms with Crippen LogP contribution in [-0.4, -0.2) is 33.8 Å². The summed E-state index contributed by atoms with van der Waals surface area (Å²) in [5.41, 5.74) is 3.00. The van der Waals surface area contributed by atoms with Crippen molar-refractivity contribution in [3.8, 4) is 5.69 Å². The van der Waals surface area contributed by atoms with E-state index < -0.39 is 5.82 Å². The fourth-order valence-corrected chi connectivity index (χ4v) is 3.50. The fourth-order valence-electron chi connectivity index (χ4n) is 3.50. The van der Waals surface area contributed by atoms with E-state index in [1.54, 1.807) is 16.7 Å². The monoisotopic (exact) mass is 379 g/mol. The molecular weight excluding hydrogens is 357 g/mol. The van der Waals surface area contributed by atoms with E-state index in [-0.39, 0.29) is 18.0 Å². The van der Waals surface area contributed by atoms with Crippen molar-refractivity contribution in [3.63, 3.8) is 0 Å². The Morgan fingerprint density at radius 2 is 1.89 bits per heavy atom. The summed E-state index contributed by atoms with van der Waals surface area (Å²) in [6, 6.07) is 12.6. The zero-order valence-corrected chi connectivity index (χ0v) is 15.4. The van der Waals surface area contributed by atoms with Crippen molar-refractivity contribution < 1.29 is 9.18 Å². The van der Waals surface area contributed by atoms with Gasteiger partial charge >= 0.3 is 0 Å². The number of rotatable bonds is 6. The van der Waals surface area contributed by atoms with Gasteiger partial charge in [-0.2, -0.15) is 0 Å². The van der Waals surface area contributed by atoms with Gasteiger partial charge in [-0.1, -0.05) is 24.3 Å². The first-order valence-corrected chi connectivity index (χ1v) is 9.40. The Kier molecular flexibility index (Phi) is 5.43. The highest BCUT2D eigenvalue weighted by atomic mass is 19.1. The standard InChI is InChI=1S/C21H22FN5O/c22-19-6-5-18(27-13-24-25-14-27)11-20(19)26-21(28)10-16-3-1-15(2-4-16)9-17-7-8-23-12-17/h1-6,11,13-14,17,23H,7-10,12H2,(H,26,28). The molecule has 1 fully saturated rings. The Morgan fingerprint density at radius 3 is 2.61 bits per heavy atom. The molecule has 3 aromatic rings. The zero-order chi connectivity index (χ0) is 19.3. The number of amides is 1. The summed E-state index contributed by atoms with van der Waals surface area (Å²) in [7, 11) is 0. The van der Waals surface area contributed by atoms with Crippen LogP contribution in [0.2, 0.25) is 0 Å². The lowest BCUT2D eigenvalue weighted by Gasteiger charge is -2.10. The van der Waals surface area contributed by atoms with E-state index in [2.05, 4.69) is 33.0 Å². The lowest BCUT2D eigenvalue weighted by atomic mass is 9.97. The van der Waals surface area contributed by atoms with Gasteiger partial charge in [0, 0.05) is 0 Å². The van der Waals surface area contributed by atoms with Crippen molar-refractivity contribution in [2.75, 3.05) is 18.4 Å². The summed E-state index contributed by atoms with van der Waals surface area (Å²) in [5, 5.41) is 13.5. The molecule has 4 rings (SSSR count). The van der Waals surface area contributed by atoms with E-state index in [1.807, 2.05) is 12.1 Å². The lowest BCUT2D eigenvalue weighted by molar-refractivity contribution is -0.115. The van der Waals surface area contributed by atoms with Crippen LogP contribution in [0.25, 0.3) is 5.69 Å². The zero-order valence-electron chi connectivity index (χ0n) is 15.4. The Bertz CT molecular complexity index is 934. The van der Waals surface area contributed by atoms with Crippen LogP contribution in [0, 0.1) is 11.7 Å². The van der Waals surface area contributed by atoms with E-state index >= 15 is 0 Å². The Balaban J connectivity index is 1.38. The smallest absolute Gasteiger partial charge is 0.228 e. The van der Waals surface area contributed by atoms with E-state index in [9.17, 15) is 9.18 Å². The van der Waals surface area contributed by atoms with Crippen molar-refractivity contribution >= 4 is 11.6 Å². The van der Waals surface area contributed by atoms with Gasteiger partial charge in [-0.15, -0.1) is 10.2 Å². The maximum Gasteiger partial charge on any atom is 0.228 e. The normalized spacial score (nSPS) is 16.2. The highest BCUT2D eigenvalue weighted by Crippen LogP contribution is 2.20. The molecule has 1 atom stereocenters. The summed E-state index contributed by atoms with van der Waals surface area (Å²) in [6.07, 6.45) is 5.50. The number of anilines is 1. The van der Waals surface area contributed by atoms with Crippen LogP contribution in [0.4, 0.5) is 10.1 Å². The Hall–Kier alpha value is -3.06. The van der Waals surface area contributed by atoms with Crippen LogP contribution in [0.1, 0.15) is 17.5 Å². The third-order valence-electron chi connectivity index (χ3n) is 5.02. The topological polar surface area (TPSA) is 71.8 Å². The first kappa shape index (κ1) is 18.3. The van der Waals surface area contributed by atoms with Crippen molar-refractivity contribution in [2.24, 2.45) is 5.92 Å². The van der Waals surface area contributed by atoms with E-state index in [4.69, 9.17) is 0 Å². The summed E-state index contributed by atoms with van der Waals surface area (Å²) < 4.78 is 15.7. The van der Waals surface area contributed by atoms with Crippen molar-refractivity contribution in [1.29, 1.82) is 0 Å². The van der Waals surface area contributed by atoms with Gasteiger partial charge in [0.15, 0.2) is 0 Å². The van der Waals surface area contributed by atoms with Gasteiger partial charge in [-0.3, -0.25) is 9.36 Å². The highest BCUT2D eigenvalue weighted by Gasteiger charge is 2.15. The predicted molar refractivity (Wildman–Crippen MR) is 105 cm³/mol. The van der Waals surface area contributed by atoms with Gasteiger partial charge < -0.3 is 10.6 Å². The van der Waals surface area contributed by atoms with Gasteiger partial charge in [0.25, 0.3) is 0 Å². The average Bonchev–Trinajstić information content (AvgIpc) is 3.39. The summed E-state index contributed by atoms with van der Waals surface area (Å²) in [4.78, 5) is 12.4. The second kappa shape index (κ2) is 8.31. The number of benzene rings is 2. The minimum absolute atomic E-state index is 0.140. The fraction of sp³-hybridized carbons (Fsp3) is 0.286. The van der Waals surface area contributed by atoms with Gasteiger partial charge in [-0.25, -0.2) is 4.39 Å². The van der Waals surface area contributed by atoms with Crippen LogP contribution in [-0.2, 0) is 17.6 Å². The molecule has 1 saturated heterocycles. The molecule has 1 aromatic heterocycles. The van der Waals surface area contributed by atoms with Crippen molar-refractivity contribution in [1.82, 2.24) is 20.1 Å². The third-order valence-corrected chi connectivity index (χ3v) is 5.02. The second-order valence-electron chi connectivity index (χ2n) is 7.14. The molecule has 144 valence electrons. The van der Waals surface area contributed by atoms with Gasteiger partial charge in [-0.05, 0) is 61.2 Å². The quantitative estimate of drug-likeness (QED) is 0.691. The molecule has 2 N–H and O–H groups in total. The number of carbonyl (C=O) groups is 1. The summed E-state index contributed by atoms with van der Waals surface area (Å²) >= 11 is 0. The number of aromatic nitrogens is 3. The van der Waals surface area contributed by atoms with Crippen LogP contribution in [0.5, 0.6) is 0 Å². The highest BCUT2D eigenvalue weighted by molar-refractivity contribution is 5.92. The van der Waals surface area contributed by atoms with Crippen LogP contribution >= 0.6 is 0 Å². The Morgan fingerprint density at radius 1 is 1.14 bits per heavy atom. The molecule has 1 amide bonds. The van der Waals surface area contributed by atoms with Crippen LogP contribution in [0.3, 0.4) is 0 Å². The average molecular weight is 379 g/mol. The minimum Gasteiger partial charge on any atom is -0.323 e. The molecule has 7 heteroatoms. The van der Waals surface area contributed by atoms with Gasteiger partial charge in [0.1, 0.15) is 18.5 Å². The minimum atomic E-state index is -0.481. The summed E-state index contributed by atoms with van der Waals surface area (Å²) in [6.45, 7) is 2.17. The van der Waals surface area contributed by atoms with Crippen molar-refractivity contribution in [2.45, 2.75) is 19.3 Å². The lowest BCUT2D eigenvalue weighted by Crippen LogP contribution is -2.15. The van der Waals surface area contributed by atoms with E-state index in [0.717, 1.165) is 25.1 Å². The van der Waals surface area contributed by atoms with Crippen molar-refractivity contribution in [3.05, 3.63) is 72.1 Å². The van der Waals surface area contributed by atoms with Crippen LogP contribution < -0.4 is 10.6 Å². The molecule has 28 heavy (non-hydrogen) atoms. The number of hydrogen-bond donors (Lipinski definition) is 2. The molecular formula is C21H22FN5O. The molecule has 6 nitrogen and oxygen atoms in total. The molecule has 1 aliphatic heterocycles. The summed E-state index contributed by atoms with van der Waals surface area (Å²) in [5.74, 6) is -0.0478. The maximum absolute atomic E-state index is 14.1. The van der Waals surface area contributed by atoms with Gasteiger partial charge in [0.05, 0.1) is 17.8 Å². The number of nitrogens with one attached hydrogen (secondary N) is 2. The number of nitrogens with zero attached hydrogens (tertiary/aromatic N) is 3.